The van der Waals surface area contributed by atoms with Gasteiger partial charge in [0.15, 0.2) is 0 Å². The summed E-state index contributed by atoms with van der Waals surface area (Å²) in [6, 6.07) is 15.1. The van der Waals surface area contributed by atoms with Crippen LogP contribution in [-0.4, -0.2) is 3.21 Å². The molecule has 3 heteroatoms. The monoisotopic (exact) mass is 628 g/mol. The first kappa shape index (κ1) is 33.5. The molecule has 0 aliphatic heterocycles. The van der Waals surface area contributed by atoms with Crippen LogP contribution in [0.25, 0.3) is 11.1 Å². The molecule has 2 aliphatic rings. The van der Waals surface area contributed by atoms with Gasteiger partial charge in [0.1, 0.15) is 0 Å². The predicted molar refractivity (Wildman–Crippen MR) is 157 cm³/mol. The van der Waals surface area contributed by atoms with Gasteiger partial charge in [-0.1, -0.05) is 0 Å². The molecule has 0 radical (unpaired) electrons. The Bertz CT molecular complexity index is 1130. The minimum absolute atomic E-state index is 0. The third-order valence-electron chi connectivity index (χ3n) is 8.20. The van der Waals surface area contributed by atoms with Crippen molar-refractivity contribution in [2.75, 3.05) is 0 Å². The van der Waals surface area contributed by atoms with Crippen molar-refractivity contribution in [2.24, 2.45) is 0 Å². The molecule has 0 aromatic heterocycles. The Morgan fingerprint density at radius 1 is 0.763 bits per heavy atom. The van der Waals surface area contributed by atoms with Crippen molar-refractivity contribution >= 4 is 3.21 Å². The molecule has 0 saturated carbocycles. The summed E-state index contributed by atoms with van der Waals surface area (Å²) < 4.78 is 4.43. The van der Waals surface area contributed by atoms with Gasteiger partial charge in [0.2, 0.25) is 0 Å². The zero-order valence-corrected chi connectivity index (χ0v) is 28.9. The molecular formula is C35H48Cl2Zr. The Kier molecular flexibility index (Phi) is 12.1. The van der Waals surface area contributed by atoms with Gasteiger partial charge in [-0.25, -0.2) is 0 Å². The first-order valence-corrected chi connectivity index (χ1v) is 18.3. The van der Waals surface area contributed by atoms with Gasteiger partial charge in [-0.3, -0.25) is 0 Å². The maximum absolute atomic E-state index is 2.56. The van der Waals surface area contributed by atoms with E-state index in [-0.39, 0.29) is 35.6 Å². The van der Waals surface area contributed by atoms with Gasteiger partial charge in [0, 0.05) is 0 Å². The van der Waals surface area contributed by atoms with Crippen LogP contribution in [0.4, 0.5) is 0 Å². The van der Waals surface area contributed by atoms with E-state index in [2.05, 4.69) is 110 Å². The maximum atomic E-state index is 2.56. The van der Waals surface area contributed by atoms with Crippen molar-refractivity contribution < 1.29 is 46.1 Å². The Labute approximate surface area is 253 Å². The minimum atomic E-state index is -2.18. The fraction of sp³-hybridized carbons (Fsp3) is 0.514. The molecular weight excluding hydrogens is 583 g/mol. The third-order valence-corrected chi connectivity index (χ3v) is 16.9. The topological polar surface area (TPSA) is 0 Å². The Morgan fingerprint density at radius 3 is 1.61 bits per heavy atom. The second kappa shape index (κ2) is 13.7. The van der Waals surface area contributed by atoms with Crippen molar-refractivity contribution in [3.05, 3.63) is 80.2 Å². The Hall–Kier alpha value is -0.747. The minimum Gasteiger partial charge on any atom is -1.00 e. The SMILES string of the molecule is CCCC[C](CCCC)=[Zr+2]([C]1=CC=CC1)[CH]1c2ccc(C(C)(C)C)cc2-c2cc(C(C)(C)C)ccc21.[Cl-].[Cl-]. The Morgan fingerprint density at radius 2 is 1.24 bits per heavy atom. The second-order valence-electron chi connectivity index (χ2n) is 13.1. The first-order chi connectivity index (χ1) is 17.1. The van der Waals surface area contributed by atoms with Crippen molar-refractivity contribution in [1.29, 1.82) is 0 Å². The van der Waals surface area contributed by atoms with E-state index in [0.717, 1.165) is 0 Å². The average molecular weight is 631 g/mol. The van der Waals surface area contributed by atoms with Crippen LogP contribution in [-0.2, 0) is 32.1 Å². The van der Waals surface area contributed by atoms with Gasteiger partial charge in [-0.15, -0.1) is 0 Å². The molecule has 2 aromatic rings. The maximum Gasteiger partial charge on any atom is -1.00 e. The molecule has 0 bridgehead atoms. The van der Waals surface area contributed by atoms with Crippen LogP contribution in [0.1, 0.15) is 126 Å². The van der Waals surface area contributed by atoms with Crippen LogP contribution in [0.15, 0.2) is 57.9 Å². The standard InChI is InChI=1S/C21H25.C9H18.C5H5.2ClH.Zr/c1-20(2,3)16-9-7-14-11-15-8-10-17(21(4,5)6)13-19(15)18(14)12-16;1-3-5-7-9-8-6-4-2;1-2-4-5-3-1;;;/h7-13H,1-6H3;3-8H2,1-2H3;1-3H,4H2;2*1H;/q;;;;;+2/p-2. The number of unbranched alkanes of at least 4 members (excludes halogenated alkanes) is 2. The van der Waals surface area contributed by atoms with Crippen LogP contribution in [0.5, 0.6) is 0 Å². The zero-order chi connectivity index (χ0) is 26.1. The second-order valence-corrected chi connectivity index (χ2v) is 19.9. The summed E-state index contributed by atoms with van der Waals surface area (Å²) in [5.74, 6) is 0. The fourth-order valence-electron chi connectivity index (χ4n) is 5.93. The van der Waals surface area contributed by atoms with E-state index in [4.69, 9.17) is 0 Å². The third kappa shape index (κ3) is 7.11. The molecule has 0 amide bonds. The molecule has 2 aliphatic carbocycles. The van der Waals surface area contributed by atoms with Gasteiger partial charge >= 0.3 is 231 Å². The summed E-state index contributed by atoms with van der Waals surface area (Å²) in [4.78, 5) is 0. The fourth-order valence-corrected chi connectivity index (χ4v) is 15.4. The molecule has 0 unspecified atom stereocenters. The van der Waals surface area contributed by atoms with Gasteiger partial charge in [-0.2, -0.15) is 0 Å². The predicted octanol–water partition coefficient (Wildman–Crippen LogP) is 4.37. The van der Waals surface area contributed by atoms with E-state index in [1.807, 2.05) is 6.49 Å². The average Bonchev–Trinajstić information content (AvgIpc) is 3.46. The number of allylic oxidation sites excluding steroid dienone is 4. The van der Waals surface area contributed by atoms with Crippen LogP contribution >= 0.6 is 0 Å². The number of hydrogen-bond donors (Lipinski definition) is 0. The van der Waals surface area contributed by atoms with E-state index in [0.29, 0.717) is 3.63 Å². The molecule has 4 rings (SSSR count). The summed E-state index contributed by atoms with van der Waals surface area (Å²) in [5.41, 5.74) is 9.58. The first-order valence-electron chi connectivity index (χ1n) is 14.4. The van der Waals surface area contributed by atoms with E-state index >= 15 is 0 Å². The zero-order valence-electron chi connectivity index (χ0n) is 25.0. The summed E-state index contributed by atoms with van der Waals surface area (Å²) in [6.45, 7) is 18.8. The molecule has 0 atom stereocenters. The summed E-state index contributed by atoms with van der Waals surface area (Å²) >= 11 is -2.18. The molecule has 0 nitrogen and oxygen atoms in total. The van der Waals surface area contributed by atoms with Crippen molar-refractivity contribution in [3.63, 3.8) is 0 Å². The molecule has 0 N–H and O–H groups in total. The number of benzene rings is 2. The molecule has 0 saturated heterocycles. The van der Waals surface area contributed by atoms with Crippen LogP contribution < -0.4 is 24.8 Å². The largest absolute Gasteiger partial charge is 1.00 e. The van der Waals surface area contributed by atoms with Gasteiger partial charge in [-0.05, 0) is 0 Å². The van der Waals surface area contributed by atoms with Crippen molar-refractivity contribution in [3.8, 4) is 11.1 Å². The summed E-state index contributed by atoms with van der Waals surface area (Å²) in [7, 11) is 0. The Balaban J connectivity index is 0.00000253. The van der Waals surface area contributed by atoms with Crippen molar-refractivity contribution in [2.45, 2.75) is 115 Å². The smallest absolute Gasteiger partial charge is 1.00 e. The molecule has 2 aromatic carbocycles. The molecule has 38 heavy (non-hydrogen) atoms. The van der Waals surface area contributed by atoms with E-state index < -0.39 is 21.3 Å². The quantitative estimate of drug-likeness (QED) is 0.407. The molecule has 206 valence electrons. The van der Waals surface area contributed by atoms with E-state index in [9.17, 15) is 0 Å². The van der Waals surface area contributed by atoms with E-state index in [1.165, 1.54) is 67.2 Å². The van der Waals surface area contributed by atoms with Crippen LogP contribution in [0.2, 0.25) is 0 Å². The molecule has 0 fully saturated rings. The number of rotatable bonds is 8. The number of fused-ring (bicyclic) bond motifs is 3. The van der Waals surface area contributed by atoms with Gasteiger partial charge < -0.3 is 24.8 Å². The van der Waals surface area contributed by atoms with Gasteiger partial charge in [0.25, 0.3) is 0 Å². The van der Waals surface area contributed by atoms with Gasteiger partial charge in [0.05, 0.1) is 0 Å². The number of hydrogen-bond acceptors (Lipinski definition) is 0. The summed E-state index contributed by atoms with van der Waals surface area (Å²) in [5, 5.41) is 0. The van der Waals surface area contributed by atoms with Crippen LogP contribution in [0.3, 0.4) is 0 Å². The number of halogens is 2. The van der Waals surface area contributed by atoms with Crippen molar-refractivity contribution in [1.82, 2.24) is 0 Å². The summed E-state index contributed by atoms with van der Waals surface area (Å²) in [6.07, 6.45) is 16.5. The molecule has 0 spiro atoms. The normalized spacial score (nSPS) is 14.1. The van der Waals surface area contributed by atoms with E-state index in [1.54, 1.807) is 11.1 Å². The molecule has 0 heterocycles. The van der Waals surface area contributed by atoms with Crippen LogP contribution in [0, 0.1) is 0 Å².